The summed E-state index contributed by atoms with van der Waals surface area (Å²) in [6, 6.07) is 5.11. The van der Waals surface area contributed by atoms with Crippen LogP contribution >= 0.6 is 0 Å². The number of rotatable bonds is 2. The smallest absolute Gasteiger partial charge is 0.326 e. The summed E-state index contributed by atoms with van der Waals surface area (Å²) in [6.45, 7) is 0.457. The molecule has 0 saturated carbocycles. The van der Waals surface area contributed by atoms with Crippen molar-refractivity contribution in [2.24, 2.45) is 0 Å². The summed E-state index contributed by atoms with van der Waals surface area (Å²) in [4.78, 5) is 26.1. The van der Waals surface area contributed by atoms with Gasteiger partial charge >= 0.3 is 12.0 Å². The van der Waals surface area contributed by atoms with Crippen LogP contribution in [0.5, 0.6) is 5.75 Å². The number of hydrogen-bond acceptors (Lipinski definition) is 3. The third-order valence-corrected chi connectivity index (χ3v) is 3.31. The van der Waals surface area contributed by atoms with Crippen molar-refractivity contribution in [3.05, 3.63) is 24.3 Å². The normalized spacial score (nSPS) is 18.4. The third kappa shape index (κ3) is 2.62. The van der Waals surface area contributed by atoms with Crippen LogP contribution in [0.3, 0.4) is 0 Å². The van der Waals surface area contributed by atoms with Crippen LogP contribution in [0.25, 0.3) is 0 Å². The lowest BCUT2D eigenvalue weighted by Gasteiger charge is -2.27. The molecule has 1 aliphatic rings. The van der Waals surface area contributed by atoms with Gasteiger partial charge in [0.2, 0.25) is 0 Å². The van der Waals surface area contributed by atoms with Gasteiger partial charge in [0.25, 0.3) is 0 Å². The van der Waals surface area contributed by atoms with Crippen LogP contribution in [-0.4, -0.2) is 46.7 Å². The molecule has 1 aliphatic heterocycles. The fraction of sp³-hybridized carbons (Fsp3) is 0.385. The van der Waals surface area contributed by atoms with Crippen molar-refractivity contribution in [2.45, 2.75) is 18.9 Å². The molecule has 6 heteroatoms. The lowest BCUT2D eigenvalue weighted by Crippen LogP contribution is -2.46. The van der Waals surface area contributed by atoms with Gasteiger partial charge in [0.1, 0.15) is 11.8 Å². The number of hydrogen-bond donors (Lipinski definition) is 2. The Bertz CT molecular complexity index is 486. The van der Waals surface area contributed by atoms with Crippen LogP contribution in [0.4, 0.5) is 10.5 Å². The molecular formula is C13H16N2O4. The maximum absolute atomic E-state index is 12.3. The summed E-state index contributed by atoms with van der Waals surface area (Å²) >= 11 is 0. The Labute approximate surface area is 110 Å². The Morgan fingerprint density at radius 2 is 1.95 bits per heavy atom. The zero-order valence-corrected chi connectivity index (χ0v) is 10.6. The number of carboxylic acid groups (broad SMARTS) is 1. The van der Waals surface area contributed by atoms with Gasteiger partial charge in [0.15, 0.2) is 0 Å². The number of aliphatic carboxylic acids is 1. The second-order valence-corrected chi connectivity index (χ2v) is 4.55. The average molecular weight is 264 g/mol. The Morgan fingerprint density at radius 1 is 1.32 bits per heavy atom. The molecule has 1 fully saturated rings. The van der Waals surface area contributed by atoms with E-state index in [9.17, 15) is 14.7 Å². The number of aromatic hydroxyl groups is 1. The van der Waals surface area contributed by atoms with Crippen molar-refractivity contribution < 1.29 is 19.8 Å². The molecular weight excluding hydrogens is 248 g/mol. The summed E-state index contributed by atoms with van der Waals surface area (Å²) in [5.41, 5.74) is 0.610. The van der Waals surface area contributed by atoms with Crippen LogP contribution in [-0.2, 0) is 4.79 Å². The topological polar surface area (TPSA) is 81.1 Å². The summed E-state index contributed by atoms with van der Waals surface area (Å²) in [5.74, 6) is -0.848. The highest BCUT2D eigenvalue weighted by molar-refractivity contribution is 5.94. The Kier molecular flexibility index (Phi) is 3.59. The molecule has 1 aromatic rings. The Morgan fingerprint density at radius 3 is 2.53 bits per heavy atom. The molecule has 0 spiro atoms. The molecule has 1 saturated heterocycles. The summed E-state index contributed by atoms with van der Waals surface area (Å²) in [6.07, 6.45) is 1.19. The highest BCUT2D eigenvalue weighted by atomic mass is 16.4. The first-order valence-corrected chi connectivity index (χ1v) is 6.07. The Hall–Kier alpha value is -2.24. The van der Waals surface area contributed by atoms with E-state index in [0.29, 0.717) is 25.1 Å². The van der Waals surface area contributed by atoms with Gasteiger partial charge in [-0.15, -0.1) is 0 Å². The van der Waals surface area contributed by atoms with E-state index in [1.165, 1.54) is 21.9 Å². The minimum atomic E-state index is -0.968. The molecule has 0 radical (unpaired) electrons. The molecule has 6 nitrogen and oxygen atoms in total. The minimum absolute atomic E-state index is 0.120. The van der Waals surface area contributed by atoms with Gasteiger partial charge < -0.3 is 15.1 Å². The standard InChI is InChI=1S/C13H16N2O4/c1-14(9-4-6-10(16)7-5-9)13(19)15-8-2-3-11(15)12(17)18/h4-7,11,16H,2-3,8H2,1H3,(H,17,18). The van der Waals surface area contributed by atoms with E-state index in [1.807, 2.05) is 0 Å². The van der Waals surface area contributed by atoms with Crippen molar-refractivity contribution in [1.29, 1.82) is 0 Å². The minimum Gasteiger partial charge on any atom is -0.508 e. The summed E-state index contributed by atoms with van der Waals surface area (Å²) < 4.78 is 0. The van der Waals surface area contributed by atoms with E-state index in [2.05, 4.69) is 0 Å². The number of carbonyl (C=O) groups is 2. The van der Waals surface area contributed by atoms with Crippen molar-refractivity contribution >= 4 is 17.7 Å². The lowest BCUT2D eigenvalue weighted by atomic mass is 10.2. The van der Waals surface area contributed by atoms with Gasteiger partial charge in [0, 0.05) is 19.3 Å². The molecule has 1 atom stereocenters. The van der Waals surface area contributed by atoms with E-state index < -0.39 is 12.0 Å². The van der Waals surface area contributed by atoms with Crippen molar-refractivity contribution in [3.8, 4) is 5.75 Å². The van der Waals surface area contributed by atoms with Crippen LogP contribution < -0.4 is 4.90 Å². The van der Waals surface area contributed by atoms with Crippen LogP contribution in [0.1, 0.15) is 12.8 Å². The van der Waals surface area contributed by atoms with E-state index >= 15 is 0 Å². The SMILES string of the molecule is CN(C(=O)N1CCCC1C(=O)O)c1ccc(O)cc1. The number of anilines is 1. The fourth-order valence-electron chi connectivity index (χ4n) is 2.23. The number of likely N-dealkylation sites (tertiary alicyclic amines) is 1. The summed E-state index contributed by atoms with van der Waals surface area (Å²) in [7, 11) is 1.59. The van der Waals surface area contributed by atoms with E-state index in [4.69, 9.17) is 5.11 Å². The average Bonchev–Trinajstić information content (AvgIpc) is 2.87. The van der Waals surface area contributed by atoms with Crippen LogP contribution in [0.2, 0.25) is 0 Å². The molecule has 1 heterocycles. The second-order valence-electron chi connectivity index (χ2n) is 4.55. The molecule has 2 amide bonds. The number of amides is 2. The van der Waals surface area contributed by atoms with Crippen molar-refractivity contribution in [3.63, 3.8) is 0 Å². The number of carboxylic acids is 1. The lowest BCUT2D eigenvalue weighted by molar-refractivity contribution is -0.141. The summed E-state index contributed by atoms with van der Waals surface area (Å²) in [5, 5.41) is 18.3. The molecule has 0 bridgehead atoms. The molecule has 19 heavy (non-hydrogen) atoms. The molecule has 0 aliphatic carbocycles. The Balaban J connectivity index is 2.14. The molecule has 1 aromatic carbocycles. The zero-order chi connectivity index (χ0) is 14.0. The van der Waals surface area contributed by atoms with Crippen molar-refractivity contribution in [2.75, 3.05) is 18.5 Å². The monoisotopic (exact) mass is 264 g/mol. The third-order valence-electron chi connectivity index (χ3n) is 3.31. The second kappa shape index (κ2) is 5.17. The van der Waals surface area contributed by atoms with E-state index in [1.54, 1.807) is 19.2 Å². The van der Waals surface area contributed by atoms with Gasteiger partial charge in [0.05, 0.1) is 0 Å². The first-order valence-electron chi connectivity index (χ1n) is 6.07. The zero-order valence-electron chi connectivity index (χ0n) is 10.6. The molecule has 2 N–H and O–H groups in total. The number of urea groups is 1. The molecule has 1 unspecified atom stereocenters. The predicted octanol–water partition coefficient (Wildman–Crippen LogP) is 1.50. The first-order chi connectivity index (χ1) is 9.00. The van der Waals surface area contributed by atoms with Crippen LogP contribution in [0, 0.1) is 0 Å². The molecule has 102 valence electrons. The van der Waals surface area contributed by atoms with Gasteiger partial charge in [-0.05, 0) is 37.1 Å². The predicted molar refractivity (Wildman–Crippen MR) is 69.3 cm³/mol. The van der Waals surface area contributed by atoms with E-state index in [0.717, 1.165) is 0 Å². The molecule has 0 aromatic heterocycles. The van der Waals surface area contributed by atoms with Gasteiger partial charge in [-0.25, -0.2) is 9.59 Å². The molecule has 2 rings (SSSR count). The quantitative estimate of drug-likeness (QED) is 0.848. The number of nitrogens with zero attached hydrogens (tertiary/aromatic N) is 2. The maximum Gasteiger partial charge on any atom is 0.326 e. The number of carbonyl (C=O) groups excluding carboxylic acids is 1. The largest absolute Gasteiger partial charge is 0.508 e. The number of phenols is 1. The van der Waals surface area contributed by atoms with Gasteiger partial charge in [-0.3, -0.25) is 4.90 Å². The number of phenolic OH excluding ortho intramolecular Hbond substituents is 1. The van der Waals surface area contributed by atoms with Gasteiger partial charge in [-0.2, -0.15) is 0 Å². The first kappa shape index (κ1) is 13.2. The maximum atomic E-state index is 12.3. The highest BCUT2D eigenvalue weighted by Crippen LogP contribution is 2.23. The van der Waals surface area contributed by atoms with Crippen molar-refractivity contribution in [1.82, 2.24) is 4.90 Å². The fourth-order valence-corrected chi connectivity index (χ4v) is 2.23. The number of benzene rings is 1. The highest BCUT2D eigenvalue weighted by Gasteiger charge is 2.35. The van der Waals surface area contributed by atoms with E-state index in [-0.39, 0.29) is 11.8 Å². The van der Waals surface area contributed by atoms with Crippen LogP contribution in [0.15, 0.2) is 24.3 Å². The van der Waals surface area contributed by atoms with Gasteiger partial charge in [-0.1, -0.05) is 0 Å².